The van der Waals surface area contributed by atoms with Gasteiger partial charge < -0.3 is 0 Å². The minimum Gasteiger partial charge on any atom is -0.0984 e. The highest BCUT2D eigenvalue weighted by Gasteiger charge is 1.97. The first-order valence-corrected chi connectivity index (χ1v) is 7.91. The molecule has 0 radical (unpaired) electrons. The molecule has 0 aliphatic rings. The molecule has 98 valence electrons. The fourth-order valence-corrected chi connectivity index (χ4v) is 2.57. The van der Waals surface area contributed by atoms with Crippen molar-refractivity contribution in [3.8, 4) is 0 Å². The molecule has 0 aliphatic carbocycles. The largest absolute Gasteiger partial charge is 0.0984 e. The van der Waals surface area contributed by atoms with Gasteiger partial charge in [0.25, 0.3) is 0 Å². The van der Waals surface area contributed by atoms with E-state index in [1.807, 2.05) is 54.6 Å². The van der Waals surface area contributed by atoms with Crippen molar-refractivity contribution in [2.24, 2.45) is 0 Å². The number of hydrogen-bond donors (Lipinski definition) is 0. The Balaban J connectivity index is 0.000000191. The van der Waals surface area contributed by atoms with Gasteiger partial charge in [0.15, 0.2) is 0 Å². The van der Waals surface area contributed by atoms with Crippen LogP contribution in [0, 0.1) is 0 Å². The molecule has 0 unspecified atom stereocenters. The van der Waals surface area contributed by atoms with Crippen LogP contribution in [0.2, 0.25) is 0 Å². The van der Waals surface area contributed by atoms with E-state index in [0.717, 1.165) is 24.5 Å². The van der Waals surface area contributed by atoms with E-state index in [0.29, 0.717) is 0 Å². The lowest BCUT2D eigenvalue weighted by atomic mass is 10.2. The number of hydrogen-bond acceptors (Lipinski definition) is 0. The van der Waals surface area contributed by atoms with Gasteiger partial charge in [-0.05, 0) is 55.1 Å². The van der Waals surface area contributed by atoms with Crippen LogP contribution in [0.25, 0.3) is 12.2 Å². The van der Waals surface area contributed by atoms with Crippen molar-refractivity contribution in [1.82, 2.24) is 0 Å². The lowest BCUT2D eigenvalue weighted by molar-refractivity contribution is 1.55. The van der Waals surface area contributed by atoms with Gasteiger partial charge in [0.05, 0.1) is 0 Å². The predicted octanol–water partition coefficient (Wildman–Crippen LogP) is 6.95. The van der Waals surface area contributed by atoms with Gasteiger partial charge in [0, 0.05) is 13.4 Å². The molecule has 0 aromatic heterocycles. The van der Waals surface area contributed by atoms with Crippen LogP contribution in [0.4, 0.5) is 0 Å². The van der Waals surface area contributed by atoms with Crippen LogP contribution in [0.3, 0.4) is 0 Å². The van der Waals surface area contributed by atoms with E-state index in [-0.39, 0.29) is 0 Å². The van der Waals surface area contributed by atoms with E-state index in [9.17, 15) is 0 Å². The molecule has 2 rings (SSSR count). The Bertz CT molecular complexity index is 574. The molecule has 0 aliphatic heterocycles. The van der Waals surface area contributed by atoms with Crippen LogP contribution in [0.15, 0.2) is 69.0 Å². The van der Waals surface area contributed by atoms with Crippen molar-refractivity contribution < 1.29 is 0 Å². The van der Waals surface area contributed by atoms with Crippen LogP contribution >= 0.6 is 47.8 Å². The Kier molecular flexibility index (Phi) is 7.36. The van der Waals surface area contributed by atoms with Crippen molar-refractivity contribution in [2.45, 2.75) is 0 Å². The molecule has 0 heterocycles. The van der Waals surface area contributed by atoms with Gasteiger partial charge in [-0.15, -0.1) is 0 Å². The molecule has 2 aromatic rings. The molecule has 2 aromatic carbocycles. The molecule has 0 nitrogen and oxygen atoms in total. The zero-order valence-electron chi connectivity index (χ0n) is 10.2. The van der Waals surface area contributed by atoms with E-state index in [4.69, 9.17) is 0 Å². The van der Waals surface area contributed by atoms with Gasteiger partial charge in [0.1, 0.15) is 0 Å². The molecule has 3 heteroatoms. The van der Waals surface area contributed by atoms with Crippen LogP contribution in [0.1, 0.15) is 11.1 Å². The van der Waals surface area contributed by atoms with E-state index >= 15 is 0 Å². The smallest absolute Gasteiger partial charge is 0.0389 e. The first kappa shape index (κ1) is 16.4. The Hall–Kier alpha value is -0.640. The Morgan fingerprint density at radius 1 is 0.684 bits per heavy atom. The third kappa shape index (κ3) is 5.09. The summed E-state index contributed by atoms with van der Waals surface area (Å²) in [7, 11) is 0. The summed E-state index contributed by atoms with van der Waals surface area (Å²) >= 11 is 10.2. The van der Waals surface area contributed by atoms with E-state index in [1.54, 1.807) is 0 Å². The highest BCUT2D eigenvalue weighted by molar-refractivity contribution is 9.13. The van der Waals surface area contributed by atoms with E-state index in [2.05, 4.69) is 60.9 Å². The third-order valence-electron chi connectivity index (χ3n) is 2.33. The summed E-state index contributed by atoms with van der Waals surface area (Å²) in [6.45, 7) is 7.34. The Labute approximate surface area is 139 Å². The molecule has 0 saturated heterocycles. The van der Waals surface area contributed by atoms with Crippen LogP contribution in [0.5, 0.6) is 0 Å². The number of rotatable bonds is 2. The van der Waals surface area contributed by atoms with Crippen molar-refractivity contribution in [3.05, 3.63) is 80.2 Å². The molecule has 19 heavy (non-hydrogen) atoms. The van der Waals surface area contributed by atoms with Gasteiger partial charge in [0.2, 0.25) is 0 Å². The summed E-state index contributed by atoms with van der Waals surface area (Å²) < 4.78 is 3.22. The van der Waals surface area contributed by atoms with Gasteiger partial charge in [-0.1, -0.05) is 71.6 Å². The second kappa shape index (κ2) is 8.51. The molecule has 0 amide bonds. The SMILES string of the molecule is C=Cc1cccc(Br)c1Br.C=Cc1ccccc1Br. The maximum absolute atomic E-state index is 3.68. The van der Waals surface area contributed by atoms with E-state index < -0.39 is 0 Å². The summed E-state index contributed by atoms with van der Waals surface area (Å²) in [4.78, 5) is 0. The van der Waals surface area contributed by atoms with Crippen molar-refractivity contribution in [2.75, 3.05) is 0 Å². The highest BCUT2D eigenvalue weighted by atomic mass is 79.9. The molecular weight excluding hydrogens is 432 g/mol. The summed E-state index contributed by atoms with van der Waals surface area (Å²) in [6, 6.07) is 13.9. The topological polar surface area (TPSA) is 0 Å². The quantitative estimate of drug-likeness (QED) is 0.470. The molecular formula is C16H13Br3. The van der Waals surface area contributed by atoms with Gasteiger partial charge >= 0.3 is 0 Å². The minimum atomic E-state index is 1.06. The van der Waals surface area contributed by atoms with Crippen LogP contribution < -0.4 is 0 Å². The lowest BCUT2D eigenvalue weighted by Gasteiger charge is -1.98. The third-order valence-corrected chi connectivity index (χ3v) is 5.13. The molecule has 0 bridgehead atoms. The van der Waals surface area contributed by atoms with Gasteiger partial charge in [-0.3, -0.25) is 0 Å². The Morgan fingerprint density at radius 3 is 1.68 bits per heavy atom. The summed E-state index contributed by atoms with van der Waals surface area (Å²) in [5.41, 5.74) is 2.24. The maximum atomic E-state index is 3.68. The first-order chi connectivity index (χ1) is 9.10. The molecule has 0 fully saturated rings. The fraction of sp³-hybridized carbons (Fsp3) is 0. The molecule has 0 spiro atoms. The average molecular weight is 445 g/mol. The fourth-order valence-electron chi connectivity index (χ4n) is 1.32. The van der Waals surface area contributed by atoms with E-state index in [1.165, 1.54) is 0 Å². The van der Waals surface area contributed by atoms with Crippen LogP contribution in [-0.2, 0) is 0 Å². The molecule has 0 saturated carbocycles. The first-order valence-electron chi connectivity index (χ1n) is 5.53. The lowest BCUT2D eigenvalue weighted by Crippen LogP contribution is -1.74. The summed E-state index contributed by atoms with van der Waals surface area (Å²) in [6.07, 6.45) is 3.64. The summed E-state index contributed by atoms with van der Waals surface area (Å²) in [5.74, 6) is 0. The zero-order valence-corrected chi connectivity index (χ0v) is 15.0. The highest BCUT2D eigenvalue weighted by Crippen LogP contribution is 2.26. The average Bonchev–Trinajstić information content (AvgIpc) is 2.43. The second-order valence-electron chi connectivity index (χ2n) is 3.57. The van der Waals surface area contributed by atoms with Gasteiger partial charge in [-0.25, -0.2) is 0 Å². The molecule has 0 atom stereocenters. The molecule has 0 N–H and O–H groups in total. The van der Waals surface area contributed by atoms with Crippen molar-refractivity contribution >= 4 is 59.9 Å². The normalized spacial score (nSPS) is 9.21. The van der Waals surface area contributed by atoms with Gasteiger partial charge in [-0.2, -0.15) is 0 Å². The standard InChI is InChI=1S/C8H6Br2.C8H7Br/c1-2-6-4-3-5-7(9)8(6)10;1-2-7-5-3-4-6-8(7)9/h2-5H,1H2;2-6H,1H2. The Morgan fingerprint density at radius 2 is 1.21 bits per heavy atom. The minimum absolute atomic E-state index is 1.06. The second-order valence-corrected chi connectivity index (χ2v) is 6.07. The zero-order chi connectivity index (χ0) is 14.3. The monoisotopic (exact) mass is 442 g/mol. The maximum Gasteiger partial charge on any atom is 0.0389 e. The van der Waals surface area contributed by atoms with Crippen molar-refractivity contribution in [3.63, 3.8) is 0 Å². The van der Waals surface area contributed by atoms with Crippen molar-refractivity contribution in [1.29, 1.82) is 0 Å². The number of benzene rings is 2. The summed E-state index contributed by atoms with van der Waals surface area (Å²) in [5, 5.41) is 0. The number of halogens is 3. The predicted molar refractivity (Wildman–Crippen MR) is 96.2 cm³/mol. The van der Waals surface area contributed by atoms with Crippen LogP contribution in [-0.4, -0.2) is 0 Å².